The molecule has 178 valence electrons. The molecule has 35 heavy (non-hydrogen) atoms. The third-order valence-corrected chi connectivity index (χ3v) is 6.46. The normalized spacial score (nSPS) is 11.7. The molecule has 3 aromatic carbocycles. The topological polar surface area (TPSA) is 116 Å². The number of hydrogen-bond donors (Lipinski definition) is 1. The fraction of sp³-hybridized carbons (Fsp3) is 0.160. The van der Waals surface area contributed by atoms with Crippen LogP contribution in [0.1, 0.15) is 12.5 Å². The first kappa shape index (κ1) is 24.0. The Morgan fingerprint density at radius 3 is 2.57 bits per heavy atom. The number of nitro groups is 1. The molecule has 1 heterocycles. The number of aromatic nitrogens is 2. The van der Waals surface area contributed by atoms with Gasteiger partial charge in [-0.05, 0) is 43.7 Å². The zero-order chi connectivity index (χ0) is 25.1. The summed E-state index contributed by atoms with van der Waals surface area (Å²) in [7, 11) is 1.41. The number of aryl methyl sites for hydroxylation is 1. The van der Waals surface area contributed by atoms with Gasteiger partial charge in [-0.25, -0.2) is 4.98 Å². The first-order valence-electron chi connectivity index (χ1n) is 10.7. The summed E-state index contributed by atoms with van der Waals surface area (Å²) in [6.45, 7) is 3.57. The Hall–Kier alpha value is -4.18. The van der Waals surface area contributed by atoms with Crippen LogP contribution in [-0.2, 0) is 4.79 Å². The van der Waals surface area contributed by atoms with Crippen molar-refractivity contribution in [3.8, 4) is 11.4 Å². The molecule has 0 bridgehead atoms. The first-order chi connectivity index (χ1) is 16.8. The molecule has 1 N–H and O–H groups in total. The molecule has 0 saturated heterocycles. The number of rotatable bonds is 7. The number of nitrogens with one attached hydrogen (secondary N) is 1. The predicted octanol–water partition coefficient (Wildman–Crippen LogP) is 4.73. The Kier molecular flexibility index (Phi) is 6.83. The summed E-state index contributed by atoms with van der Waals surface area (Å²) in [5.74, 6) is -0.130. The maximum absolute atomic E-state index is 13.5. The van der Waals surface area contributed by atoms with Crippen LogP contribution >= 0.6 is 11.8 Å². The second kappa shape index (κ2) is 9.98. The SMILES string of the molecule is COc1ccc([N+](=O)[O-])cc1NC(=O)C(C)Sc1nc2ccccc2c(=O)n1-c1ccccc1C. The number of nitro benzene ring substituents is 1. The molecule has 10 heteroatoms. The third kappa shape index (κ3) is 4.87. The lowest BCUT2D eigenvalue weighted by Crippen LogP contribution is -2.26. The minimum Gasteiger partial charge on any atom is -0.495 e. The van der Waals surface area contributed by atoms with Crippen LogP contribution in [0.15, 0.2) is 76.7 Å². The molecule has 4 rings (SSSR count). The molecule has 1 unspecified atom stereocenters. The molecule has 1 atom stereocenters. The van der Waals surface area contributed by atoms with E-state index in [0.717, 1.165) is 17.3 Å². The van der Waals surface area contributed by atoms with E-state index in [1.54, 1.807) is 31.2 Å². The summed E-state index contributed by atoms with van der Waals surface area (Å²) in [5.41, 5.74) is 1.85. The van der Waals surface area contributed by atoms with E-state index in [1.807, 2.05) is 31.2 Å². The lowest BCUT2D eigenvalue weighted by Gasteiger charge is -2.18. The minimum absolute atomic E-state index is 0.175. The van der Waals surface area contributed by atoms with E-state index in [1.165, 1.54) is 29.9 Å². The summed E-state index contributed by atoms with van der Waals surface area (Å²) >= 11 is 1.12. The van der Waals surface area contributed by atoms with E-state index in [4.69, 9.17) is 4.74 Å². The minimum atomic E-state index is -0.692. The summed E-state index contributed by atoms with van der Waals surface area (Å²) in [6.07, 6.45) is 0. The third-order valence-electron chi connectivity index (χ3n) is 5.40. The van der Waals surface area contributed by atoms with Gasteiger partial charge in [-0.15, -0.1) is 0 Å². The lowest BCUT2D eigenvalue weighted by atomic mass is 10.2. The second-order valence-corrected chi connectivity index (χ2v) is 9.04. The zero-order valence-corrected chi connectivity index (χ0v) is 20.0. The fourth-order valence-corrected chi connectivity index (χ4v) is 4.49. The van der Waals surface area contributed by atoms with E-state index in [-0.39, 0.29) is 16.9 Å². The van der Waals surface area contributed by atoms with E-state index < -0.39 is 16.1 Å². The summed E-state index contributed by atoms with van der Waals surface area (Å²) in [6, 6.07) is 18.5. The number of carbonyl (C=O) groups is 1. The second-order valence-electron chi connectivity index (χ2n) is 7.73. The Balaban J connectivity index is 1.72. The highest BCUT2D eigenvalue weighted by atomic mass is 32.2. The molecule has 4 aromatic rings. The highest BCUT2D eigenvalue weighted by Gasteiger charge is 2.22. The highest BCUT2D eigenvalue weighted by Crippen LogP contribution is 2.31. The van der Waals surface area contributed by atoms with Crippen molar-refractivity contribution in [2.75, 3.05) is 12.4 Å². The molecule has 1 aromatic heterocycles. The maximum atomic E-state index is 13.5. The van der Waals surface area contributed by atoms with Gasteiger partial charge >= 0.3 is 0 Å². The van der Waals surface area contributed by atoms with Crippen molar-refractivity contribution in [3.05, 3.63) is 92.8 Å². The molecule has 1 amide bonds. The molecular weight excluding hydrogens is 468 g/mol. The van der Waals surface area contributed by atoms with Crippen LogP contribution in [0.4, 0.5) is 11.4 Å². The van der Waals surface area contributed by atoms with E-state index >= 15 is 0 Å². The van der Waals surface area contributed by atoms with Crippen molar-refractivity contribution in [2.45, 2.75) is 24.3 Å². The Morgan fingerprint density at radius 2 is 1.86 bits per heavy atom. The molecule has 9 nitrogen and oxygen atoms in total. The molecular formula is C25H22N4O5S. The summed E-state index contributed by atoms with van der Waals surface area (Å²) in [4.78, 5) is 41.8. The Morgan fingerprint density at radius 1 is 1.14 bits per heavy atom. The number of benzene rings is 3. The number of para-hydroxylation sites is 2. The van der Waals surface area contributed by atoms with Gasteiger partial charge in [0, 0.05) is 12.1 Å². The molecule has 0 aliphatic carbocycles. The number of methoxy groups -OCH3 is 1. The number of non-ortho nitro benzene ring substituents is 1. The van der Waals surface area contributed by atoms with Crippen molar-refractivity contribution in [3.63, 3.8) is 0 Å². The maximum Gasteiger partial charge on any atom is 0.271 e. The van der Waals surface area contributed by atoms with Crippen LogP contribution in [0.3, 0.4) is 0 Å². The van der Waals surface area contributed by atoms with E-state index in [9.17, 15) is 19.7 Å². The average Bonchev–Trinajstić information content (AvgIpc) is 2.85. The van der Waals surface area contributed by atoms with Gasteiger partial charge in [0.15, 0.2) is 5.16 Å². The number of thioether (sulfide) groups is 1. The lowest BCUT2D eigenvalue weighted by molar-refractivity contribution is -0.384. The number of ether oxygens (including phenoxy) is 1. The fourth-order valence-electron chi connectivity index (χ4n) is 3.57. The van der Waals surface area contributed by atoms with Gasteiger partial charge in [0.2, 0.25) is 5.91 Å². The number of amides is 1. The molecule has 0 fully saturated rings. The summed E-state index contributed by atoms with van der Waals surface area (Å²) < 4.78 is 6.75. The highest BCUT2D eigenvalue weighted by molar-refractivity contribution is 8.00. The van der Waals surface area contributed by atoms with Crippen molar-refractivity contribution >= 4 is 39.9 Å². The van der Waals surface area contributed by atoms with Crippen LogP contribution in [0.2, 0.25) is 0 Å². The predicted molar refractivity (Wildman–Crippen MR) is 136 cm³/mol. The molecule has 0 saturated carbocycles. The first-order valence-corrected chi connectivity index (χ1v) is 11.6. The number of fused-ring (bicyclic) bond motifs is 1. The van der Waals surface area contributed by atoms with Gasteiger partial charge in [0.25, 0.3) is 11.2 Å². The van der Waals surface area contributed by atoms with Crippen molar-refractivity contribution < 1.29 is 14.5 Å². The standard InChI is InChI=1S/C25H22N4O5S/c1-15-8-4-7-11-21(15)28-24(31)18-9-5-6-10-19(18)27-25(28)35-16(2)23(30)26-20-14-17(29(32)33)12-13-22(20)34-3/h4-14,16H,1-3H3,(H,26,30). The van der Waals surface area contributed by atoms with E-state index in [0.29, 0.717) is 27.5 Å². The number of carbonyl (C=O) groups excluding carboxylic acids is 1. The van der Waals surface area contributed by atoms with Crippen LogP contribution in [0, 0.1) is 17.0 Å². The molecule has 0 radical (unpaired) electrons. The molecule has 0 spiro atoms. The van der Waals surface area contributed by atoms with Crippen molar-refractivity contribution in [2.24, 2.45) is 0 Å². The van der Waals surface area contributed by atoms with Crippen molar-refractivity contribution in [1.29, 1.82) is 0 Å². The average molecular weight is 491 g/mol. The van der Waals surface area contributed by atoms with Crippen LogP contribution < -0.4 is 15.6 Å². The number of anilines is 1. The molecule has 0 aliphatic heterocycles. The van der Waals surface area contributed by atoms with Gasteiger partial charge in [-0.2, -0.15) is 0 Å². The number of nitrogens with zero attached hydrogens (tertiary/aromatic N) is 3. The van der Waals surface area contributed by atoms with Gasteiger partial charge in [0.05, 0.1) is 39.6 Å². The van der Waals surface area contributed by atoms with Gasteiger partial charge < -0.3 is 10.1 Å². The Labute approximate surface area is 204 Å². The summed E-state index contributed by atoms with van der Waals surface area (Å²) in [5, 5.41) is 14.0. The Bertz CT molecular complexity index is 1500. The van der Waals surface area contributed by atoms with Gasteiger partial charge in [0.1, 0.15) is 5.75 Å². The van der Waals surface area contributed by atoms with E-state index in [2.05, 4.69) is 10.3 Å². The zero-order valence-electron chi connectivity index (χ0n) is 19.2. The van der Waals surface area contributed by atoms with Crippen molar-refractivity contribution in [1.82, 2.24) is 9.55 Å². The largest absolute Gasteiger partial charge is 0.495 e. The van der Waals surface area contributed by atoms with Crippen LogP contribution in [0.25, 0.3) is 16.6 Å². The quantitative estimate of drug-likeness (QED) is 0.172. The van der Waals surface area contributed by atoms with Crippen LogP contribution in [-0.4, -0.2) is 32.7 Å². The molecule has 0 aliphatic rings. The monoisotopic (exact) mass is 490 g/mol. The smallest absolute Gasteiger partial charge is 0.271 e. The van der Waals surface area contributed by atoms with Gasteiger partial charge in [-0.3, -0.25) is 24.3 Å². The van der Waals surface area contributed by atoms with Crippen LogP contribution in [0.5, 0.6) is 5.75 Å². The van der Waals surface area contributed by atoms with Gasteiger partial charge in [-0.1, -0.05) is 42.1 Å². The number of hydrogen-bond acceptors (Lipinski definition) is 7.